The lowest BCUT2D eigenvalue weighted by Crippen LogP contribution is -2.00. The Hall–Kier alpha value is -1.81. The van der Waals surface area contributed by atoms with E-state index in [1.54, 1.807) is 22.9 Å². The van der Waals surface area contributed by atoms with E-state index in [9.17, 15) is 9.90 Å². The zero-order valence-electron chi connectivity index (χ0n) is 9.22. The van der Waals surface area contributed by atoms with Crippen LogP contribution in [0.1, 0.15) is 17.4 Å². The van der Waals surface area contributed by atoms with Crippen LogP contribution in [0.5, 0.6) is 5.75 Å². The van der Waals surface area contributed by atoms with Crippen molar-refractivity contribution >= 4 is 17.9 Å². The fraction of sp³-hybridized carbons (Fsp3) is 0.167. The van der Waals surface area contributed by atoms with Crippen molar-refractivity contribution in [2.45, 2.75) is 13.5 Å². The van der Waals surface area contributed by atoms with Crippen molar-refractivity contribution in [2.75, 3.05) is 0 Å². The van der Waals surface area contributed by atoms with Gasteiger partial charge in [0, 0.05) is 17.1 Å². The molecule has 0 aliphatic rings. The summed E-state index contributed by atoms with van der Waals surface area (Å²) in [5.74, 6) is 0.0904. The second-order valence-electron chi connectivity index (χ2n) is 3.55. The van der Waals surface area contributed by atoms with Gasteiger partial charge in [-0.15, -0.1) is 0 Å². The van der Waals surface area contributed by atoms with Gasteiger partial charge in [0.15, 0.2) is 6.29 Å². The Morgan fingerprint density at radius 1 is 1.47 bits per heavy atom. The molecule has 1 aromatic heterocycles. The molecule has 0 atom stereocenters. The summed E-state index contributed by atoms with van der Waals surface area (Å²) in [6.07, 6.45) is 0.738. The zero-order chi connectivity index (χ0) is 12.4. The summed E-state index contributed by atoms with van der Waals surface area (Å²) < 4.78 is 1.57. The van der Waals surface area contributed by atoms with Crippen LogP contribution in [0.15, 0.2) is 24.3 Å². The maximum Gasteiger partial charge on any atom is 0.168 e. The van der Waals surface area contributed by atoms with Crippen LogP contribution in [0.3, 0.4) is 0 Å². The van der Waals surface area contributed by atoms with Crippen LogP contribution in [0, 0.1) is 0 Å². The number of hydrogen-bond donors (Lipinski definition) is 1. The predicted octanol–water partition coefficient (Wildman–Crippen LogP) is 2.74. The molecule has 88 valence electrons. The van der Waals surface area contributed by atoms with E-state index in [1.807, 2.05) is 6.92 Å². The van der Waals surface area contributed by atoms with Gasteiger partial charge in [-0.1, -0.05) is 11.6 Å². The third-order valence-corrected chi connectivity index (χ3v) is 2.70. The number of nitrogens with zero attached hydrogens (tertiary/aromatic N) is 2. The van der Waals surface area contributed by atoms with Gasteiger partial charge in [-0.05, 0) is 31.2 Å². The van der Waals surface area contributed by atoms with Gasteiger partial charge < -0.3 is 5.11 Å². The molecule has 0 aliphatic heterocycles. The quantitative estimate of drug-likeness (QED) is 0.853. The maximum absolute atomic E-state index is 10.8. The number of rotatable bonds is 3. The number of aldehydes is 1. The van der Waals surface area contributed by atoms with Crippen LogP contribution in [0.4, 0.5) is 0 Å². The van der Waals surface area contributed by atoms with Gasteiger partial charge in [-0.25, -0.2) is 0 Å². The van der Waals surface area contributed by atoms with Gasteiger partial charge in [0.05, 0.1) is 5.69 Å². The minimum Gasteiger partial charge on any atom is -0.507 e. The normalized spacial score (nSPS) is 10.5. The summed E-state index contributed by atoms with van der Waals surface area (Å²) in [5.41, 5.74) is 1.53. The number of halogens is 1. The van der Waals surface area contributed by atoms with Crippen LogP contribution in [0.2, 0.25) is 5.02 Å². The summed E-state index contributed by atoms with van der Waals surface area (Å²) in [4.78, 5) is 10.8. The first-order valence-electron chi connectivity index (χ1n) is 5.17. The minimum absolute atomic E-state index is 0.0904. The number of carbonyl (C=O) groups excluding carboxylic acids is 1. The second-order valence-corrected chi connectivity index (χ2v) is 3.99. The molecule has 0 saturated carbocycles. The smallest absolute Gasteiger partial charge is 0.168 e. The monoisotopic (exact) mass is 250 g/mol. The van der Waals surface area contributed by atoms with Crippen molar-refractivity contribution in [3.05, 3.63) is 35.0 Å². The Labute approximate surface area is 103 Å². The molecule has 2 rings (SSSR count). The molecule has 0 fully saturated rings. The third kappa shape index (κ3) is 2.17. The van der Waals surface area contributed by atoms with E-state index >= 15 is 0 Å². The summed E-state index contributed by atoms with van der Waals surface area (Å²) in [5, 5.41) is 14.5. The van der Waals surface area contributed by atoms with Crippen LogP contribution in [-0.4, -0.2) is 21.2 Å². The molecule has 0 saturated heterocycles. The van der Waals surface area contributed by atoms with Gasteiger partial charge in [0.2, 0.25) is 0 Å². The van der Waals surface area contributed by atoms with E-state index in [0.717, 1.165) is 6.29 Å². The number of aromatic hydroxyl groups is 1. The molecule has 17 heavy (non-hydrogen) atoms. The Balaban J connectivity index is 2.56. The van der Waals surface area contributed by atoms with Gasteiger partial charge in [-0.2, -0.15) is 5.10 Å². The summed E-state index contributed by atoms with van der Waals surface area (Å²) >= 11 is 5.87. The Bertz CT molecular complexity index is 564. The number of phenolic OH excluding ortho intramolecular Hbond substituents is 1. The number of phenols is 1. The Kier molecular flexibility index (Phi) is 3.15. The molecule has 0 spiro atoms. The highest BCUT2D eigenvalue weighted by molar-refractivity contribution is 6.30. The molecule has 0 aliphatic carbocycles. The lowest BCUT2D eigenvalue weighted by atomic mass is 10.1. The highest BCUT2D eigenvalue weighted by Crippen LogP contribution is 2.30. The molecular formula is C12H11ClN2O2. The van der Waals surface area contributed by atoms with Gasteiger partial charge in [0.25, 0.3) is 0 Å². The number of hydrogen-bond acceptors (Lipinski definition) is 3. The number of aryl methyl sites for hydroxylation is 1. The van der Waals surface area contributed by atoms with Crippen LogP contribution in [0.25, 0.3) is 11.3 Å². The largest absolute Gasteiger partial charge is 0.507 e. The lowest BCUT2D eigenvalue weighted by molar-refractivity contribution is 0.111. The van der Waals surface area contributed by atoms with Gasteiger partial charge in [-0.3, -0.25) is 9.48 Å². The Morgan fingerprint density at radius 2 is 2.24 bits per heavy atom. The molecule has 4 nitrogen and oxygen atoms in total. The molecule has 2 aromatic rings. The van der Waals surface area contributed by atoms with Crippen LogP contribution >= 0.6 is 11.6 Å². The van der Waals surface area contributed by atoms with Gasteiger partial charge >= 0.3 is 0 Å². The topological polar surface area (TPSA) is 55.1 Å². The van der Waals surface area contributed by atoms with Crippen molar-refractivity contribution < 1.29 is 9.90 Å². The average molecular weight is 251 g/mol. The van der Waals surface area contributed by atoms with Crippen LogP contribution < -0.4 is 0 Å². The molecule has 5 heteroatoms. The third-order valence-electron chi connectivity index (χ3n) is 2.47. The SMILES string of the molecule is CCn1nc(-c2cc(Cl)ccc2O)cc1C=O. The molecule has 0 radical (unpaired) electrons. The van der Waals surface area contributed by atoms with Crippen molar-refractivity contribution in [1.29, 1.82) is 0 Å². The lowest BCUT2D eigenvalue weighted by Gasteiger charge is -2.01. The van der Waals surface area contributed by atoms with E-state index in [0.29, 0.717) is 28.5 Å². The number of carbonyl (C=O) groups is 1. The first kappa shape index (κ1) is 11.7. The summed E-state index contributed by atoms with van der Waals surface area (Å²) in [6.45, 7) is 2.48. The van der Waals surface area contributed by atoms with Crippen molar-refractivity contribution in [3.63, 3.8) is 0 Å². The fourth-order valence-electron chi connectivity index (χ4n) is 1.62. The molecule has 1 aromatic carbocycles. The molecule has 1 N–H and O–H groups in total. The van der Waals surface area contributed by atoms with E-state index in [4.69, 9.17) is 11.6 Å². The second kappa shape index (κ2) is 4.59. The molecular weight excluding hydrogens is 240 g/mol. The molecule has 0 bridgehead atoms. The Morgan fingerprint density at radius 3 is 2.82 bits per heavy atom. The number of benzene rings is 1. The van der Waals surface area contributed by atoms with E-state index in [1.165, 1.54) is 6.07 Å². The van der Waals surface area contributed by atoms with E-state index < -0.39 is 0 Å². The predicted molar refractivity (Wildman–Crippen MR) is 65.4 cm³/mol. The summed E-state index contributed by atoms with van der Waals surface area (Å²) in [6, 6.07) is 6.34. The minimum atomic E-state index is 0.0904. The highest BCUT2D eigenvalue weighted by atomic mass is 35.5. The highest BCUT2D eigenvalue weighted by Gasteiger charge is 2.11. The molecule has 0 unspecified atom stereocenters. The van der Waals surface area contributed by atoms with Gasteiger partial charge in [0.1, 0.15) is 11.4 Å². The first-order valence-corrected chi connectivity index (χ1v) is 5.55. The molecule has 0 amide bonds. The van der Waals surface area contributed by atoms with Crippen LogP contribution in [-0.2, 0) is 6.54 Å². The van der Waals surface area contributed by atoms with E-state index in [2.05, 4.69) is 5.10 Å². The van der Waals surface area contributed by atoms with Crippen molar-refractivity contribution in [1.82, 2.24) is 9.78 Å². The number of aromatic nitrogens is 2. The van der Waals surface area contributed by atoms with Crippen molar-refractivity contribution in [3.8, 4) is 17.0 Å². The van der Waals surface area contributed by atoms with E-state index in [-0.39, 0.29) is 5.75 Å². The standard InChI is InChI=1S/C12H11ClN2O2/c1-2-15-9(7-16)6-11(14-15)10-5-8(13)3-4-12(10)17/h3-7,17H,2H2,1H3. The fourth-order valence-corrected chi connectivity index (χ4v) is 1.80. The maximum atomic E-state index is 10.8. The summed E-state index contributed by atoms with van der Waals surface area (Å²) in [7, 11) is 0. The average Bonchev–Trinajstić information content (AvgIpc) is 2.75. The first-order chi connectivity index (χ1) is 8.15. The zero-order valence-corrected chi connectivity index (χ0v) is 9.98. The molecule has 1 heterocycles. The van der Waals surface area contributed by atoms with Crippen molar-refractivity contribution in [2.24, 2.45) is 0 Å².